The van der Waals surface area contributed by atoms with E-state index in [0.717, 1.165) is 34.1 Å². The molecule has 188 valence electrons. The summed E-state index contributed by atoms with van der Waals surface area (Å²) in [5.74, 6) is 0.707. The number of carbonyl (C=O) groups excluding carboxylic acids is 1. The number of methoxy groups -OCH3 is 1. The third-order valence-electron chi connectivity index (χ3n) is 6.54. The van der Waals surface area contributed by atoms with Gasteiger partial charge in [0.15, 0.2) is 5.11 Å². The summed E-state index contributed by atoms with van der Waals surface area (Å²) >= 11 is 5.79. The van der Waals surface area contributed by atoms with Gasteiger partial charge in [-0.15, -0.1) is 0 Å². The fraction of sp³-hybridized carbons (Fsp3) is 0.207. The molecule has 2 aromatic heterocycles. The molecule has 7 nitrogen and oxygen atoms in total. The standard InChI is InChI=1S/C29H29N5O2S/c1-20-12-14-21(15-13-20)31-26(35)16-19-34-28(27(32-29(34)37)22-8-5-6-17-30-22)24-10-7-18-33(24)23-9-3-4-11-25(23)36-2/h3-15,17-18,27-28H,16,19H2,1-2H3,(H,31,35)(H,32,37)/t27-,28+/m1/s1. The number of amides is 1. The quantitative estimate of drug-likeness (QED) is 0.317. The summed E-state index contributed by atoms with van der Waals surface area (Å²) in [4.78, 5) is 19.6. The summed E-state index contributed by atoms with van der Waals surface area (Å²) in [6.45, 7) is 2.47. The van der Waals surface area contributed by atoms with Crippen molar-refractivity contribution in [1.82, 2.24) is 19.8 Å². The van der Waals surface area contributed by atoms with E-state index in [-0.39, 0.29) is 24.4 Å². The minimum atomic E-state index is -0.186. The van der Waals surface area contributed by atoms with Crippen LogP contribution in [-0.4, -0.2) is 39.1 Å². The fourth-order valence-electron chi connectivity index (χ4n) is 4.73. The van der Waals surface area contributed by atoms with E-state index in [1.165, 1.54) is 0 Å². The number of nitrogens with one attached hydrogen (secondary N) is 2. The summed E-state index contributed by atoms with van der Waals surface area (Å²) < 4.78 is 7.77. The highest BCUT2D eigenvalue weighted by atomic mass is 32.1. The lowest BCUT2D eigenvalue weighted by Gasteiger charge is -2.29. The SMILES string of the molecule is COc1ccccc1-n1cccc1[C@H]1[C@@H](c2ccccn2)NC(=S)N1CCC(=O)Nc1ccc(C)cc1. The number of hydrogen-bond donors (Lipinski definition) is 2. The highest BCUT2D eigenvalue weighted by Gasteiger charge is 2.41. The van der Waals surface area contributed by atoms with Gasteiger partial charge in [0.05, 0.1) is 30.6 Å². The number of hydrogen-bond acceptors (Lipinski definition) is 4. The molecule has 37 heavy (non-hydrogen) atoms. The molecule has 1 saturated heterocycles. The molecule has 0 unspecified atom stereocenters. The Labute approximate surface area is 222 Å². The van der Waals surface area contributed by atoms with Crippen LogP contribution in [0.25, 0.3) is 5.69 Å². The van der Waals surface area contributed by atoms with Crippen LogP contribution in [0.5, 0.6) is 5.75 Å². The van der Waals surface area contributed by atoms with Gasteiger partial charge < -0.3 is 24.8 Å². The van der Waals surface area contributed by atoms with Crippen molar-refractivity contribution >= 4 is 28.9 Å². The Balaban J connectivity index is 1.45. The van der Waals surface area contributed by atoms with Gasteiger partial charge in [-0.3, -0.25) is 9.78 Å². The van der Waals surface area contributed by atoms with Gasteiger partial charge in [0.2, 0.25) is 5.91 Å². The van der Waals surface area contributed by atoms with Crippen LogP contribution >= 0.6 is 12.2 Å². The molecule has 2 atom stereocenters. The van der Waals surface area contributed by atoms with E-state index in [1.54, 1.807) is 13.3 Å². The molecule has 1 fully saturated rings. The van der Waals surface area contributed by atoms with Crippen LogP contribution in [0, 0.1) is 6.92 Å². The lowest BCUT2D eigenvalue weighted by molar-refractivity contribution is -0.116. The Morgan fingerprint density at radius 3 is 2.59 bits per heavy atom. The molecule has 0 spiro atoms. The van der Waals surface area contributed by atoms with Gasteiger partial charge in [-0.25, -0.2) is 0 Å². The maximum absolute atomic E-state index is 12.8. The Hall–Kier alpha value is -4.17. The fourth-order valence-corrected chi connectivity index (χ4v) is 5.07. The second-order valence-electron chi connectivity index (χ2n) is 8.96. The Bertz CT molecular complexity index is 1390. The van der Waals surface area contributed by atoms with Crippen LogP contribution in [0.4, 0.5) is 5.69 Å². The van der Waals surface area contributed by atoms with E-state index in [4.69, 9.17) is 17.0 Å². The molecule has 2 N–H and O–H groups in total. The van der Waals surface area contributed by atoms with Crippen LogP contribution < -0.4 is 15.4 Å². The molecule has 0 saturated carbocycles. The van der Waals surface area contributed by atoms with Crippen molar-refractivity contribution < 1.29 is 9.53 Å². The van der Waals surface area contributed by atoms with Crippen LogP contribution in [0.15, 0.2) is 91.3 Å². The van der Waals surface area contributed by atoms with Gasteiger partial charge >= 0.3 is 0 Å². The molecule has 0 radical (unpaired) electrons. The Morgan fingerprint density at radius 1 is 1.05 bits per heavy atom. The summed E-state index contributed by atoms with van der Waals surface area (Å²) in [6.07, 6.45) is 4.09. The van der Waals surface area contributed by atoms with E-state index >= 15 is 0 Å². The number of aromatic nitrogens is 2. The van der Waals surface area contributed by atoms with Crippen molar-refractivity contribution in [3.63, 3.8) is 0 Å². The monoisotopic (exact) mass is 511 g/mol. The van der Waals surface area contributed by atoms with Crippen molar-refractivity contribution in [3.05, 3.63) is 108 Å². The van der Waals surface area contributed by atoms with Crippen LogP contribution in [-0.2, 0) is 4.79 Å². The van der Waals surface area contributed by atoms with Gasteiger partial charge in [-0.1, -0.05) is 35.9 Å². The highest BCUT2D eigenvalue weighted by Crippen LogP contribution is 2.40. The van der Waals surface area contributed by atoms with Gasteiger partial charge in [0.25, 0.3) is 0 Å². The summed E-state index contributed by atoms with van der Waals surface area (Å²) in [5.41, 5.74) is 4.76. The maximum Gasteiger partial charge on any atom is 0.226 e. The molecular formula is C29H29N5O2S. The first-order chi connectivity index (χ1) is 18.0. The second-order valence-corrected chi connectivity index (χ2v) is 9.35. The number of thiocarbonyl (C=S) groups is 1. The summed E-state index contributed by atoms with van der Waals surface area (Å²) in [7, 11) is 1.67. The zero-order valence-corrected chi connectivity index (χ0v) is 21.6. The predicted molar refractivity (Wildman–Crippen MR) is 149 cm³/mol. The van der Waals surface area contributed by atoms with Crippen LogP contribution in [0.3, 0.4) is 0 Å². The number of aryl methyl sites for hydroxylation is 1. The molecule has 5 rings (SSSR count). The first kappa shape index (κ1) is 24.5. The van der Waals surface area contributed by atoms with Crippen molar-refractivity contribution in [2.75, 3.05) is 19.0 Å². The minimum Gasteiger partial charge on any atom is -0.495 e. The molecule has 0 bridgehead atoms. The van der Waals surface area contributed by atoms with Gasteiger partial charge in [0, 0.05) is 36.7 Å². The van der Waals surface area contributed by atoms with Crippen molar-refractivity contribution in [1.29, 1.82) is 0 Å². The molecule has 8 heteroatoms. The van der Waals surface area contributed by atoms with Crippen molar-refractivity contribution in [2.24, 2.45) is 0 Å². The van der Waals surface area contributed by atoms with E-state index in [9.17, 15) is 4.79 Å². The van der Waals surface area contributed by atoms with E-state index in [1.807, 2.05) is 85.9 Å². The van der Waals surface area contributed by atoms with Gasteiger partial charge in [-0.2, -0.15) is 0 Å². The van der Waals surface area contributed by atoms with Crippen LogP contribution in [0.2, 0.25) is 0 Å². The first-order valence-electron chi connectivity index (χ1n) is 12.2. The summed E-state index contributed by atoms with van der Waals surface area (Å²) in [5, 5.41) is 7.05. The third kappa shape index (κ3) is 5.20. The zero-order valence-electron chi connectivity index (χ0n) is 20.8. The third-order valence-corrected chi connectivity index (χ3v) is 6.89. The van der Waals surface area contributed by atoms with Crippen molar-refractivity contribution in [2.45, 2.75) is 25.4 Å². The number of ether oxygens (including phenoxy) is 1. The molecule has 0 aliphatic carbocycles. The van der Waals surface area contributed by atoms with E-state index < -0.39 is 0 Å². The average molecular weight is 512 g/mol. The number of carbonyl (C=O) groups is 1. The molecule has 1 aliphatic heterocycles. The number of benzene rings is 2. The minimum absolute atomic E-state index is 0.0631. The molecule has 2 aromatic carbocycles. The van der Waals surface area contributed by atoms with E-state index in [0.29, 0.717) is 11.7 Å². The Kier molecular flexibility index (Phi) is 7.18. The number of nitrogens with zero attached hydrogens (tertiary/aromatic N) is 3. The molecular weight excluding hydrogens is 482 g/mol. The van der Waals surface area contributed by atoms with Crippen LogP contribution in [0.1, 0.15) is 35.5 Å². The average Bonchev–Trinajstić information content (AvgIpc) is 3.53. The van der Waals surface area contributed by atoms with Crippen molar-refractivity contribution in [3.8, 4) is 11.4 Å². The smallest absolute Gasteiger partial charge is 0.226 e. The highest BCUT2D eigenvalue weighted by molar-refractivity contribution is 7.80. The number of para-hydroxylation sites is 2. The zero-order chi connectivity index (χ0) is 25.8. The Morgan fingerprint density at radius 2 is 1.84 bits per heavy atom. The maximum atomic E-state index is 12.8. The molecule has 4 aromatic rings. The normalized spacial score (nSPS) is 16.9. The number of rotatable bonds is 8. The second kappa shape index (κ2) is 10.8. The summed E-state index contributed by atoms with van der Waals surface area (Å²) in [6, 6.07) is 25.3. The topological polar surface area (TPSA) is 71.4 Å². The largest absolute Gasteiger partial charge is 0.495 e. The van der Waals surface area contributed by atoms with Gasteiger partial charge in [0.1, 0.15) is 5.75 Å². The lowest BCUT2D eigenvalue weighted by Crippen LogP contribution is -2.33. The predicted octanol–water partition coefficient (Wildman–Crippen LogP) is 5.19. The number of anilines is 1. The van der Waals surface area contributed by atoms with Gasteiger partial charge in [-0.05, 0) is 67.7 Å². The lowest BCUT2D eigenvalue weighted by atomic mass is 10.0. The molecule has 1 aliphatic rings. The molecule has 1 amide bonds. The number of pyridine rings is 1. The molecule has 3 heterocycles. The van der Waals surface area contributed by atoms with E-state index in [2.05, 4.69) is 31.2 Å². The first-order valence-corrected chi connectivity index (χ1v) is 12.6.